The summed E-state index contributed by atoms with van der Waals surface area (Å²) in [5, 5.41) is 3.14. The second kappa shape index (κ2) is 8.35. The van der Waals surface area contributed by atoms with Gasteiger partial charge in [0.15, 0.2) is 0 Å². The summed E-state index contributed by atoms with van der Waals surface area (Å²) in [6.45, 7) is 8.08. The Labute approximate surface area is 120 Å². The monoisotopic (exact) mass is 279 g/mol. The third-order valence-electron chi connectivity index (χ3n) is 3.03. The van der Waals surface area contributed by atoms with E-state index >= 15 is 0 Å². The predicted octanol–water partition coefficient (Wildman–Crippen LogP) is 1.68. The molecule has 0 aliphatic heterocycles. The highest BCUT2D eigenvalue weighted by atomic mass is 16.2. The van der Waals surface area contributed by atoms with E-state index in [0.717, 1.165) is 31.8 Å². The first-order chi connectivity index (χ1) is 9.60. The number of anilines is 2. The SMILES string of the molecule is CCCc1nc(N)cc(NCCC(=O)N(CC)CC)n1. The summed E-state index contributed by atoms with van der Waals surface area (Å²) in [6.07, 6.45) is 2.23. The molecular weight excluding hydrogens is 254 g/mol. The van der Waals surface area contributed by atoms with Gasteiger partial charge in [-0.3, -0.25) is 4.79 Å². The summed E-state index contributed by atoms with van der Waals surface area (Å²) in [5.74, 6) is 2.04. The molecule has 112 valence electrons. The van der Waals surface area contributed by atoms with Crippen LogP contribution in [0.1, 0.15) is 39.4 Å². The molecule has 0 bridgehead atoms. The number of nitrogens with two attached hydrogens (primary N) is 1. The molecule has 1 rings (SSSR count). The maximum absolute atomic E-state index is 11.9. The number of carbonyl (C=O) groups excluding carboxylic acids is 1. The minimum Gasteiger partial charge on any atom is -0.384 e. The van der Waals surface area contributed by atoms with Gasteiger partial charge in [0.2, 0.25) is 5.91 Å². The molecule has 1 amide bonds. The van der Waals surface area contributed by atoms with Crippen LogP contribution in [-0.4, -0.2) is 40.4 Å². The van der Waals surface area contributed by atoms with Gasteiger partial charge in [-0.2, -0.15) is 0 Å². The average Bonchev–Trinajstić information content (AvgIpc) is 2.40. The number of hydrogen-bond donors (Lipinski definition) is 2. The van der Waals surface area contributed by atoms with E-state index in [1.807, 2.05) is 18.7 Å². The van der Waals surface area contributed by atoms with Gasteiger partial charge in [-0.05, 0) is 20.3 Å². The molecule has 6 nitrogen and oxygen atoms in total. The molecule has 3 N–H and O–H groups in total. The van der Waals surface area contributed by atoms with E-state index in [4.69, 9.17) is 5.73 Å². The van der Waals surface area contributed by atoms with E-state index in [-0.39, 0.29) is 5.91 Å². The number of rotatable bonds is 8. The Balaban J connectivity index is 2.51. The normalized spacial score (nSPS) is 10.3. The number of hydrogen-bond acceptors (Lipinski definition) is 5. The molecule has 0 atom stereocenters. The predicted molar refractivity (Wildman–Crippen MR) is 81.5 cm³/mol. The van der Waals surface area contributed by atoms with Crippen molar-refractivity contribution >= 4 is 17.5 Å². The minimum absolute atomic E-state index is 0.151. The minimum atomic E-state index is 0.151. The molecule has 1 aromatic heterocycles. The number of amides is 1. The average molecular weight is 279 g/mol. The summed E-state index contributed by atoms with van der Waals surface area (Å²) in [7, 11) is 0. The first-order valence-corrected chi connectivity index (χ1v) is 7.25. The third kappa shape index (κ3) is 5.03. The smallest absolute Gasteiger partial charge is 0.224 e. The largest absolute Gasteiger partial charge is 0.384 e. The summed E-state index contributed by atoms with van der Waals surface area (Å²) in [5.41, 5.74) is 5.75. The molecule has 1 heterocycles. The van der Waals surface area contributed by atoms with Crippen LogP contribution in [0.4, 0.5) is 11.6 Å². The van der Waals surface area contributed by atoms with E-state index < -0.39 is 0 Å². The molecule has 0 aliphatic rings. The van der Waals surface area contributed by atoms with Gasteiger partial charge >= 0.3 is 0 Å². The highest BCUT2D eigenvalue weighted by molar-refractivity contribution is 5.76. The van der Waals surface area contributed by atoms with Gasteiger partial charge in [0.05, 0.1) is 0 Å². The summed E-state index contributed by atoms with van der Waals surface area (Å²) in [4.78, 5) is 22.2. The molecule has 0 fully saturated rings. The number of carbonyl (C=O) groups is 1. The van der Waals surface area contributed by atoms with Crippen molar-refractivity contribution in [3.05, 3.63) is 11.9 Å². The lowest BCUT2D eigenvalue weighted by atomic mass is 10.3. The van der Waals surface area contributed by atoms with Gasteiger partial charge in [0, 0.05) is 38.5 Å². The number of aromatic nitrogens is 2. The number of nitrogens with zero attached hydrogens (tertiary/aromatic N) is 3. The first-order valence-electron chi connectivity index (χ1n) is 7.25. The first kappa shape index (κ1) is 16.2. The van der Waals surface area contributed by atoms with Crippen molar-refractivity contribution in [2.24, 2.45) is 0 Å². The molecule has 1 aromatic rings. The standard InChI is InChI=1S/C14H25N5O/c1-4-7-12-17-11(15)10-13(18-12)16-9-8-14(20)19(5-2)6-3/h10H,4-9H2,1-3H3,(H3,15,16,17,18). The Kier molecular flexibility index (Phi) is 6.76. The fourth-order valence-electron chi connectivity index (χ4n) is 1.98. The highest BCUT2D eigenvalue weighted by Gasteiger charge is 2.09. The molecule has 0 aromatic carbocycles. The Bertz CT molecular complexity index is 432. The van der Waals surface area contributed by atoms with Crippen LogP contribution in [-0.2, 0) is 11.2 Å². The second-order valence-electron chi connectivity index (χ2n) is 4.59. The number of nitrogen functional groups attached to an aromatic ring is 1. The van der Waals surface area contributed by atoms with E-state index in [1.54, 1.807) is 6.07 Å². The highest BCUT2D eigenvalue weighted by Crippen LogP contribution is 2.09. The zero-order valence-electron chi connectivity index (χ0n) is 12.6. The summed E-state index contributed by atoms with van der Waals surface area (Å²) >= 11 is 0. The number of nitrogens with one attached hydrogen (secondary N) is 1. The quantitative estimate of drug-likeness (QED) is 0.756. The summed E-state index contributed by atoms with van der Waals surface area (Å²) in [6, 6.07) is 1.70. The lowest BCUT2D eigenvalue weighted by Gasteiger charge is -2.18. The van der Waals surface area contributed by atoms with Crippen molar-refractivity contribution in [2.45, 2.75) is 40.0 Å². The van der Waals surface area contributed by atoms with Crippen LogP contribution >= 0.6 is 0 Å². The van der Waals surface area contributed by atoms with Crippen LogP contribution < -0.4 is 11.1 Å². The molecule has 0 radical (unpaired) electrons. The van der Waals surface area contributed by atoms with Gasteiger partial charge in [0.1, 0.15) is 17.5 Å². The zero-order valence-corrected chi connectivity index (χ0v) is 12.6. The van der Waals surface area contributed by atoms with Crippen LogP contribution in [0.3, 0.4) is 0 Å². The topological polar surface area (TPSA) is 84.1 Å². The Morgan fingerprint density at radius 2 is 2.00 bits per heavy atom. The van der Waals surface area contributed by atoms with Crippen molar-refractivity contribution in [1.29, 1.82) is 0 Å². The maximum atomic E-state index is 11.9. The van der Waals surface area contributed by atoms with Crippen LogP contribution in [0.5, 0.6) is 0 Å². The Hall–Kier alpha value is -1.85. The molecule has 0 saturated heterocycles. The van der Waals surface area contributed by atoms with Crippen molar-refractivity contribution in [3.63, 3.8) is 0 Å². The molecule has 0 saturated carbocycles. The molecule has 0 spiro atoms. The van der Waals surface area contributed by atoms with Gasteiger partial charge in [0.25, 0.3) is 0 Å². The second-order valence-corrected chi connectivity index (χ2v) is 4.59. The van der Waals surface area contributed by atoms with Crippen LogP contribution in [0.25, 0.3) is 0 Å². The van der Waals surface area contributed by atoms with Gasteiger partial charge in [-0.1, -0.05) is 6.92 Å². The molecule has 0 aliphatic carbocycles. The van der Waals surface area contributed by atoms with Crippen LogP contribution in [0.15, 0.2) is 6.07 Å². The Morgan fingerprint density at radius 1 is 1.30 bits per heavy atom. The maximum Gasteiger partial charge on any atom is 0.224 e. The van der Waals surface area contributed by atoms with E-state index in [9.17, 15) is 4.79 Å². The molecular formula is C14H25N5O. The lowest BCUT2D eigenvalue weighted by molar-refractivity contribution is -0.130. The molecule has 20 heavy (non-hydrogen) atoms. The third-order valence-corrected chi connectivity index (χ3v) is 3.03. The van der Waals surface area contributed by atoms with Crippen molar-refractivity contribution in [3.8, 4) is 0 Å². The van der Waals surface area contributed by atoms with Gasteiger partial charge < -0.3 is 16.0 Å². The van der Waals surface area contributed by atoms with E-state index in [2.05, 4.69) is 22.2 Å². The van der Waals surface area contributed by atoms with Gasteiger partial charge in [-0.15, -0.1) is 0 Å². The molecule has 6 heteroatoms. The fourth-order valence-corrected chi connectivity index (χ4v) is 1.98. The number of aryl methyl sites for hydroxylation is 1. The van der Waals surface area contributed by atoms with Crippen molar-refractivity contribution < 1.29 is 4.79 Å². The van der Waals surface area contributed by atoms with E-state index in [1.165, 1.54) is 0 Å². The lowest BCUT2D eigenvalue weighted by Crippen LogP contribution is -2.31. The Morgan fingerprint density at radius 3 is 2.60 bits per heavy atom. The van der Waals surface area contributed by atoms with E-state index in [0.29, 0.717) is 24.6 Å². The fraction of sp³-hybridized carbons (Fsp3) is 0.643. The van der Waals surface area contributed by atoms with Crippen molar-refractivity contribution in [2.75, 3.05) is 30.7 Å². The van der Waals surface area contributed by atoms with Crippen LogP contribution in [0, 0.1) is 0 Å². The zero-order chi connectivity index (χ0) is 15.0. The van der Waals surface area contributed by atoms with Gasteiger partial charge in [-0.25, -0.2) is 9.97 Å². The molecule has 0 unspecified atom stereocenters. The summed E-state index contributed by atoms with van der Waals surface area (Å²) < 4.78 is 0. The van der Waals surface area contributed by atoms with Crippen molar-refractivity contribution in [1.82, 2.24) is 14.9 Å². The van der Waals surface area contributed by atoms with Crippen LogP contribution in [0.2, 0.25) is 0 Å².